The molecule has 0 unspecified atom stereocenters. The highest BCUT2D eigenvalue weighted by atomic mass is 79.9. The minimum absolute atomic E-state index is 0.00425. The monoisotopic (exact) mass is 378 g/mol. The number of nitrogens with one attached hydrogen (secondary N) is 1. The van der Waals surface area contributed by atoms with E-state index < -0.39 is 0 Å². The third-order valence-corrected chi connectivity index (χ3v) is 4.61. The number of benzene rings is 1. The van der Waals surface area contributed by atoms with Crippen molar-refractivity contribution in [3.8, 4) is 5.75 Å². The zero-order valence-electron chi connectivity index (χ0n) is 13.0. The molecule has 0 saturated carbocycles. The highest BCUT2D eigenvalue weighted by Gasteiger charge is 2.24. The molecule has 1 aromatic carbocycles. The van der Waals surface area contributed by atoms with Crippen LogP contribution < -0.4 is 4.74 Å². The number of ether oxygens (including phenoxy) is 1. The van der Waals surface area contributed by atoms with Gasteiger partial charge in [-0.05, 0) is 33.6 Å². The normalized spacial score (nSPS) is 15.7. The maximum Gasteiger partial charge on any atom is 0.273 e. The van der Waals surface area contributed by atoms with Gasteiger partial charge in [-0.15, -0.1) is 0 Å². The number of carbonyl (C=O) groups is 1. The van der Waals surface area contributed by atoms with Gasteiger partial charge >= 0.3 is 0 Å². The van der Waals surface area contributed by atoms with Gasteiger partial charge in [0, 0.05) is 32.7 Å². The second kappa shape index (κ2) is 7.14. The summed E-state index contributed by atoms with van der Waals surface area (Å²) in [5.41, 5.74) is 1.74. The smallest absolute Gasteiger partial charge is 0.273 e. The van der Waals surface area contributed by atoms with Crippen LogP contribution in [0.2, 0.25) is 0 Å². The van der Waals surface area contributed by atoms with E-state index in [4.69, 9.17) is 4.74 Å². The van der Waals surface area contributed by atoms with Gasteiger partial charge in [0.1, 0.15) is 11.4 Å². The van der Waals surface area contributed by atoms with Crippen LogP contribution in [0.4, 0.5) is 0 Å². The molecule has 23 heavy (non-hydrogen) atoms. The van der Waals surface area contributed by atoms with Crippen LogP contribution in [0.15, 0.2) is 34.9 Å². The summed E-state index contributed by atoms with van der Waals surface area (Å²) in [5, 5.41) is 6.63. The highest BCUT2D eigenvalue weighted by Crippen LogP contribution is 2.18. The van der Waals surface area contributed by atoms with E-state index in [1.807, 2.05) is 17.0 Å². The number of piperazine rings is 1. The van der Waals surface area contributed by atoms with Crippen molar-refractivity contribution in [1.82, 2.24) is 20.0 Å². The number of halogens is 1. The largest absolute Gasteiger partial charge is 0.497 e. The fourth-order valence-corrected chi connectivity index (χ4v) is 3.08. The van der Waals surface area contributed by atoms with Crippen LogP contribution in [0.1, 0.15) is 16.1 Å². The Morgan fingerprint density at radius 3 is 2.78 bits per heavy atom. The van der Waals surface area contributed by atoms with Crippen molar-refractivity contribution in [3.63, 3.8) is 0 Å². The summed E-state index contributed by atoms with van der Waals surface area (Å²) in [6, 6.07) is 8.10. The number of rotatable bonds is 4. The summed E-state index contributed by atoms with van der Waals surface area (Å²) in [5.74, 6) is 0.871. The average molecular weight is 379 g/mol. The van der Waals surface area contributed by atoms with Gasteiger partial charge in [0.05, 0.1) is 17.8 Å². The molecule has 6 nitrogen and oxygen atoms in total. The lowest BCUT2D eigenvalue weighted by Gasteiger charge is -2.34. The first-order valence-corrected chi connectivity index (χ1v) is 8.30. The first kappa shape index (κ1) is 16.0. The number of methoxy groups -OCH3 is 1. The first-order chi connectivity index (χ1) is 11.2. The van der Waals surface area contributed by atoms with E-state index in [0.717, 1.165) is 25.4 Å². The Bertz CT molecular complexity index is 680. The molecule has 7 heteroatoms. The molecule has 3 rings (SSSR count). The molecule has 1 aliphatic heterocycles. The fourth-order valence-electron chi connectivity index (χ4n) is 2.72. The third kappa shape index (κ3) is 3.73. The van der Waals surface area contributed by atoms with Crippen molar-refractivity contribution in [2.75, 3.05) is 33.3 Å². The molecule has 1 saturated heterocycles. The summed E-state index contributed by atoms with van der Waals surface area (Å²) in [4.78, 5) is 16.6. The Hall–Kier alpha value is -1.86. The lowest BCUT2D eigenvalue weighted by Crippen LogP contribution is -2.48. The van der Waals surface area contributed by atoms with Crippen LogP contribution in [-0.2, 0) is 6.54 Å². The summed E-state index contributed by atoms with van der Waals surface area (Å²) < 4.78 is 5.97. The van der Waals surface area contributed by atoms with Crippen molar-refractivity contribution in [3.05, 3.63) is 46.2 Å². The predicted molar refractivity (Wildman–Crippen MR) is 90.5 cm³/mol. The van der Waals surface area contributed by atoms with Crippen LogP contribution in [0, 0.1) is 0 Å². The molecule has 1 aliphatic rings. The van der Waals surface area contributed by atoms with E-state index in [0.29, 0.717) is 23.3 Å². The van der Waals surface area contributed by atoms with Crippen LogP contribution in [0.5, 0.6) is 5.75 Å². The minimum atomic E-state index is -0.00425. The SMILES string of the molecule is COc1cccc(CN2CCN(C(=O)c3[nH]ncc3Br)CC2)c1. The Morgan fingerprint density at radius 2 is 2.13 bits per heavy atom. The summed E-state index contributed by atoms with van der Waals surface area (Å²) in [7, 11) is 1.68. The van der Waals surface area contributed by atoms with Crippen LogP contribution in [0.3, 0.4) is 0 Å². The number of amides is 1. The maximum absolute atomic E-state index is 12.4. The first-order valence-electron chi connectivity index (χ1n) is 7.51. The number of aromatic amines is 1. The third-order valence-electron chi connectivity index (χ3n) is 4.01. The summed E-state index contributed by atoms with van der Waals surface area (Å²) in [6.45, 7) is 4.01. The molecular formula is C16H19BrN4O2. The van der Waals surface area contributed by atoms with E-state index >= 15 is 0 Å². The van der Waals surface area contributed by atoms with Crippen molar-refractivity contribution in [2.24, 2.45) is 0 Å². The van der Waals surface area contributed by atoms with Gasteiger partial charge in [0.2, 0.25) is 0 Å². The number of aromatic nitrogens is 2. The van der Waals surface area contributed by atoms with Gasteiger partial charge < -0.3 is 9.64 Å². The van der Waals surface area contributed by atoms with Crippen molar-refractivity contribution < 1.29 is 9.53 Å². The highest BCUT2D eigenvalue weighted by molar-refractivity contribution is 9.10. The fraction of sp³-hybridized carbons (Fsp3) is 0.375. The topological polar surface area (TPSA) is 61.5 Å². The molecule has 1 N–H and O–H groups in total. The number of hydrogen-bond acceptors (Lipinski definition) is 4. The van der Waals surface area contributed by atoms with Crippen molar-refractivity contribution in [2.45, 2.75) is 6.54 Å². The Balaban J connectivity index is 1.56. The van der Waals surface area contributed by atoms with E-state index in [-0.39, 0.29) is 5.91 Å². The molecule has 0 aliphatic carbocycles. The van der Waals surface area contributed by atoms with Crippen molar-refractivity contribution in [1.29, 1.82) is 0 Å². The Labute approximate surface area is 143 Å². The minimum Gasteiger partial charge on any atom is -0.497 e. The molecule has 2 heterocycles. The van der Waals surface area contributed by atoms with Crippen LogP contribution in [0.25, 0.3) is 0 Å². The van der Waals surface area contributed by atoms with Crippen LogP contribution >= 0.6 is 15.9 Å². The summed E-state index contributed by atoms with van der Waals surface area (Å²) in [6.07, 6.45) is 1.60. The number of nitrogens with zero attached hydrogens (tertiary/aromatic N) is 3. The second-order valence-electron chi connectivity index (χ2n) is 5.51. The quantitative estimate of drug-likeness (QED) is 0.885. The number of hydrogen-bond donors (Lipinski definition) is 1. The zero-order chi connectivity index (χ0) is 16.2. The molecule has 2 aromatic rings. The molecule has 122 valence electrons. The van der Waals surface area contributed by atoms with Gasteiger partial charge in [-0.3, -0.25) is 14.8 Å². The van der Waals surface area contributed by atoms with E-state index in [2.05, 4.69) is 43.2 Å². The Morgan fingerprint density at radius 1 is 1.35 bits per heavy atom. The molecule has 0 bridgehead atoms. The molecule has 1 aromatic heterocycles. The predicted octanol–water partition coefficient (Wildman–Crippen LogP) is 2.14. The molecule has 1 fully saturated rings. The molecule has 0 spiro atoms. The van der Waals surface area contributed by atoms with Gasteiger partial charge in [-0.25, -0.2) is 0 Å². The number of H-pyrrole nitrogens is 1. The standard InChI is InChI=1S/C16H19BrN4O2/c1-23-13-4-2-3-12(9-13)11-20-5-7-21(8-6-20)16(22)15-14(17)10-18-19-15/h2-4,9-10H,5-8,11H2,1H3,(H,18,19). The molecular weight excluding hydrogens is 360 g/mol. The molecule has 0 radical (unpaired) electrons. The molecule has 0 atom stereocenters. The number of carbonyl (C=O) groups excluding carboxylic acids is 1. The lowest BCUT2D eigenvalue weighted by atomic mass is 10.2. The van der Waals surface area contributed by atoms with E-state index in [1.165, 1.54) is 5.56 Å². The summed E-state index contributed by atoms with van der Waals surface area (Å²) >= 11 is 3.34. The van der Waals surface area contributed by atoms with Gasteiger partial charge in [-0.1, -0.05) is 12.1 Å². The Kier molecular flexibility index (Phi) is 4.97. The maximum atomic E-state index is 12.4. The lowest BCUT2D eigenvalue weighted by molar-refractivity contribution is 0.0622. The van der Waals surface area contributed by atoms with Gasteiger partial charge in [-0.2, -0.15) is 5.10 Å². The van der Waals surface area contributed by atoms with Crippen LogP contribution in [-0.4, -0.2) is 59.2 Å². The van der Waals surface area contributed by atoms with E-state index in [1.54, 1.807) is 13.3 Å². The van der Waals surface area contributed by atoms with Gasteiger partial charge in [0.25, 0.3) is 5.91 Å². The molecule has 1 amide bonds. The van der Waals surface area contributed by atoms with Gasteiger partial charge in [0.15, 0.2) is 0 Å². The second-order valence-corrected chi connectivity index (χ2v) is 6.37. The van der Waals surface area contributed by atoms with E-state index in [9.17, 15) is 4.79 Å². The zero-order valence-corrected chi connectivity index (χ0v) is 14.5. The average Bonchev–Trinajstić information content (AvgIpc) is 3.01. The van der Waals surface area contributed by atoms with Crippen molar-refractivity contribution >= 4 is 21.8 Å².